The number of benzene rings is 2. The maximum atomic E-state index is 12.4. The van der Waals surface area contributed by atoms with Crippen molar-refractivity contribution < 1.29 is 4.79 Å². The number of carbonyl (C=O) groups excluding carboxylic acids is 1. The number of halogens is 1. The molecule has 1 fully saturated rings. The summed E-state index contributed by atoms with van der Waals surface area (Å²) in [6, 6.07) is 15.3. The number of rotatable bonds is 3. The number of hydrogen-bond acceptors (Lipinski definition) is 4. The van der Waals surface area contributed by atoms with Crippen LogP contribution in [-0.2, 0) is 4.79 Å². The van der Waals surface area contributed by atoms with Crippen LogP contribution in [0.5, 0.6) is 0 Å². The van der Waals surface area contributed by atoms with Crippen molar-refractivity contribution in [2.24, 2.45) is 0 Å². The van der Waals surface area contributed by atoms with Crippen molar-refractivity contribution in [3.63, 3.8) is 0 Å². The number of piperazine rings is 1. The van der Waals surface area contributed by atoms with Gasteiger partial charge in [-0.15, -0.1) is 0 Å². The molecule has 0 spiro atoms. The predicted molar refractivity (Wildman–Crippen MR) is 109 cm³/mol. The lowest BCUT2D eigenvalue weighted by molar-refractivity contribution is -0.126. The Morgan fingerprint density at radius 2 is 1.78 bits per heavy atom. The summed E-state index contributed by atoms with van der Waals surface area (Å²) in [5, 5.41) is 0.662. The minimum atomic E-state index is 0.0132. The van der Waals surface area contributed by atoms with Crippen LogP contribution in [0.1, 0.15) is 5.56 Å². The first-order chi connectivity index (χ1) is 13.2. The number of amides is 1. The quantitative estimate of drug-likeness (QED) is 0.653. The van der Waals surface area contributed by atoms with Gasteiger partial charge in [-0.1, -0.05) is 35.9 Å². The van der Waals surface area contributed by atoms with E-state index in [-0.39, 0.29) is 5.91 Å². The van der Waals surface area contributed by atoms with Gasteiger partial charge in [0.1, 0.15) is 5.82 Å². The Kier molecular flexibility index (Phi) is 5.03. The zero-order valence-electron chi connectivity index (χ0n) is 14.8. The van der Waals surface area contributed by atoms with Gasteiger partial charge in [0.15, 0.2) is 0 Å². The van der Waals surface area contributed by atoms with Crippen molar-refractivity contribution in [2.75, 3.05) is 31.1 Å². The Labute approximate surface area is 162 Å². The molecule has 0 aliphatic carbocycles. The Balaban J connectivity index is 1.38. The van der Waals surface area contributed by atoms with E-state index < -0.39 is 0 Å². The molecule has 0 N–H and O–H groups in total. The van der Waals surface area contributed by atoms with E-state index in [1.54, 1.807) is 18.3 Å². The third-order valence-electron chi connectivity index (χ3n) is 4.62. The monoisotopic (exact) mass is 378 g/mol. The number of carbonyl (C=O) groups is 1. The number of hydrogen-bond donors (Lipinski definition) is 0. The molecule has 1 aliphatic heterocycles. The number of anilines is 1. The van der Waals surface area contributed by atoms with Gasteiger partial charge in [0.25, 0.3) is 0 Å². The summed E-state index contributed by atoms with van der Waals surface area (Å²) in [7, 11) is 0. The van der Waals surface area contributed by atoms with Crippen LogP contribution in [0.25, 0.3) is 17.1 Å². The van der Waals surface area contributed by atoms with Crippen LogP contribution in [-0.4, -0.2) is 47.0 Å². The Bertz CT molecular complexity index is 996. The van der Waals surface area contributed by atoms with Crippen molar-refractivity contribution in [3.8, 4) is 0 Å². The molecule has 0 atom stereocenters. The molecule has 0 radical (unpaired) electrons. The van der Waals surface area contributed by atoms with Gasteiger partial charge < -0.3 is 9.80 Å². The summed E-state index contributed by atoms with van der Waals surface area (Å²) in [5.74, 6) is 0.870. The zero-order chi connectivity index (χ0) is 18.6. The molecule has 1 saturated heterocycles. The maximum absolute atomic E-state index is 12.4. The maximum Gasteiger partial charge on any atom is 0.246 e. The van der Waals surface area contributed by atoms with Crippen LogP contribution in [0.4, 0.5) is 5.82 Å². The first-order valence-corrected chi connectivity index (χ1v) is 9.26. The third-order valence-corrected chi connectivity index (χ3v) is 4.85. The molecular weight excluding hydrogens is 360 g/mol. The van der Waals surface area contributed by atoms with E-state index in [0.717, 1.165) is 35.5 Å². The van der Waals surface area contributed by atoms with Crippen LogP contribution in [0.3, 0.4) is 0 Å². The first kappa shape index (κ1) is 17.5. The summed E-state index contributed by atoms with van der Waals surface area (Å²) in [6.07, 6.45) is 5.21. The molecule has 1 amide bonds. The summed E-state index contributed by atoms with van der Waals surface area (Å²) >= 11 is 5.97. The smallest absolute Gasteiger partial charge is 0.246 e. The van der Waals surface area contributed by atoms with Gasteiger partial charge in [0.05, 0.1) is 17.2 Å². The molecule has 0 unspecified atom stereocenters. The van der Waals surface area contributed by atoms with Gasteiger partial charge in [0, 0.05) is 37.3 Å². The standard InChI is InChI=1S/C21H19ClN4O/c22-17-5-3-4-16(14-17)8-9-21(27)26-12-10-25(11-13-26)20-15-23-18-6-1-2-7-19(18)24-20/h1-9,14-15H,10-13H2/b9-8+. The molecule has 5 nitrogen and oxygen atoms in total. The molecule has 1 aliphatic rings. The van der Waals surface area contributed by atoms with E-state index in [1.165, 1.54) is 0 Å². The lowest BCUT2D eigenvalue weighted by atomic mass is 10.2. The zero-order valence-corrected chi connectivity index (χ0v) is 15.5. The predicted octanol–water partition coefficient (Wildman–Crippen LogP) is 3.65. The molecule has 1 aromatic heterocycles. The lowest BCUT2D eigenvalue weighted by Crippen LogP contribution is -2.48. The molecular formula is C21H19ClN4O. The fraction of sp³-hybridized carbons (Fsp3) is 0.190. The first-order valence-electron chi connectivity index (χ1n) is 8.88. The van der Waals surface area contributed by atoms with Gasteiger partial charge >= 0.3 is 0 Å². The molecule has 0 bridgehead atoms. The molecule has 3 aromatic rings. The van der Waals surface area contributed by atoms with E-state index in [9.17, 15) is 4.79 Å². The second-order valence-electron chi connectivity index (χ2n) is 6.42. The van der Waals surface area contributed by atoms with Crippen LogP contribution in [0, 0.1) is 0 Å². The number of nitrogens with zero attached hydrogens (tertiary/aromatic N) is 4. The van der Waals surface area contributed by atoms with Crippen molar-refractivity contribution in [1.82, 2.24) is 14.9 Å². The highest BCUT2D eigenvalue weighted by molar-refractivity contribution is 6.30. The highest BCUT2D eigenvalue weighted by atomic mass is 35.5. The molecule has 2 heterocycles. The van der Waals surface area contributed by atoms with Gasteiger partial charge in [-0.25, -0.2) is 4.98 Å². The van der Waals surface area contributed by atoms with E-state index in [4.69, 9.17) is 11.6 Å². The average Bonchev–Trinajstić information content (AvgIpc) is 2.72. The highest BCUT2D eigenvalue weighted by Crippen LogP contribution is 2.17. The molecule has 2 aromatic carbocycles. The minimum Gasteiger partial charge on any atom is -0.352 e. The van der Waals surface area contributed by atoms with E-state index in [1.807, 2.05) is 53.4 Å². The second kappa shape index (κ2) is 7.76. The Morgan fingerprint density at radius 3 is 2.56 bits per heavy atom. The molecule has 136 valence electrons. The van der Waals surface area contributed by atoms with Crippen LogP contribution in [0.15, 0.2) is 60.8 Å². The van der Waals surface area contributed by atoms with Crippen LogP contribution >= 0.6 is 11.6 Å². The van der Waals surface area contributed by atoms with Crippen molar-refractivity contribution in [2.45, 2.75) is 0 Å². The van der Waals surface area contributed by atoms with Gasteiger partial charge in [-0.05, 0) is 35.9 Å². The summed E-state index contributed by atoms with van der Waals surface area (Å²) < 4.78 is 0. The largest absolute Gasteiger partial charge is 0.352 e. The second-order valence-corrected chi connectivity index (χ2v) is 6.85. The van der Waals surface area contributed by atoms with Crippen LogP contribution < -0.4 is 4.90 Å². The fourth-order valence-electron chi connectivity index (χ4n) is 3.14. The fourth-order valence-corrected chi connectivity index (χ4v) is 3.34. The van der Waals surface area contributed by atoms with E-state index >= 15 is 0 Å². The molecule has 4 rings (SSSR count). The summed E-state index contributed by atoms with van der Waals surface area (Å²) in [5.41, 5.74) is 2.69. The number of fused-ring (bicyclic) bond motifs is 1. The normalized spacial score (nSPS) is 14.9. The van der Waals surface area contributed by atoms with Gasteiger partial charge in [0.2, 0.25) is 5.91 Å². The van der Waals surface area contributed by atoms with E-state index in [2.05, 4.69) is 14.9 Å². The average molecular weight is 379 g/mol. The van der Waals surface area contributed by atoms with Crippen molar-refractivity contribution >= 4 is 40.4 Å². The molecule has 6 heteroatoms. The Morgan fingerprint density at radius 1 is 1.00 bits per heavy atom. The van der Waals surface area contributed by atoms with Gasteiger partial charge in [-0.3, -0.25) is 9.78 Å². The van der Waals surface area contributed by atoms with Crippen molar-refractivity contribution in [1.29, 1.82) is 0 Å². The number of para-hydroxylation sites is 2. The molecule has 0 saturated carbocycles. The number of aromatic nitrogens is 2. The minimum absolute atomic E-state index is 0.0132. The summed E-state index contributed by atoms with van der Waals surface area (Å²) in [6.45, 7) is 2.80. The third kappa shape index (κ3) is 4.09. The SMILES string of the molecule is O=C(/C=C/c1cccc(Cl)c1)N1CCN(c2cnc3ccccc3n2)CC1. The lowest BCUT2D eigenvalue weighted by Gasteiger charge is -2.34. The topological polar surface area (TPSA) is 49.3 Å². The van der Waals surface area contributed by atoms with Gasteiger partial charge in [-0.2, -0.15) is 0 Å². The van der Waals surface area contributed by atoms with Crippen molar-refractivity contribution in [3.05, 3.63) is 71.4 Å². The molecule has 27 heavy (non-hydrogen) atoms. The summed E-state index contributed by atoms with van der Waals surface area (Å²) in [4.78, 5) is 25.6. The highest BCUT2D eigenvalue weighted by Gasteiger charge is 2.20. The van der Waals surface area contributed by atoms with E-state index in [0.29, 0.717) is 18.1 Å². The van der Waals surface area contributed by atoms with Crippen LogP contribution in [0.2, 0.25) is 5.02 Å². The Hall–Kier alpha value is -2.92.